The SMILES string of the molecule is CCOC(C(=O)c1cccc(OC)c1F)C(C)(C)C. The number of ketones is 1. The summed E-state index contributed by atoms with van der Waals surface area (Å²) in [6.07, 6.45) is -0.681. The van der Waals surface area contributed by atoms with E-state index in [9.17, 15) is 9.18 Å². The molecule has 0 fully saturated rings. The van der Waals surface area contributed by atoms with E-state index in [-0.39, 0.29) is 17.1 Å². The van der Waals surface area contributed by atoms with Gasteiger partial charge >= 0.3 is 0 Å². The highest BCUT2D eigenvalue weighted by molar-refractivity contribution is 6.00. The average Bonchev–Trinajstić information content (AvgIpc) is 2.34. The first kappa shape index (κ1) is 15.6. The molecular weight excluding hydrogens is 247 g/mol. The summed E-state index contributed by atoms with van der Waals surface area (Å²) in [4.78, 5) is 12.4. The van der Waals surface area contributed by atoms with E-state index in [0.29, 0.717) is 6.61 Å². The third-order valence-corrected chi connectivity index (χ3v) is 2.81. The molecule has 0 saturated heterocycles. The molecule has 0 spiro atoms. The van der Waals surface area contributed by atoms with E-state index in [2.05, 4.69) is 0 Å². The van der Waals surface area contributed by atoms with Gasteiger partial charge in [0, 0.05) is 6.61 Å². The van der Waals surface area contributed by atoms with Gasteiger partial charge in [-0.25, -0.2) is 4.39 Å². The van der Waals surface area contributed by atoms with Crippen LogP contribution in [0.2, 0.25) is 0 Å². The molecule has 3 nitrogen and oxygen atoms in total. The van der Waals surface area contributed by atoms with E-state index < -0.39 is 17.3 Å². The molecule has 0 amide bonds. The number of hydrogen-bond donors (Lipinski definition) is 0. The van der Waals surface area contributed by atoms with Gasteiger partial charge in [0.25, 0.3) is 0 Å². The van der Waals surface area contributed by atoms with Crippen LogP contribution in [0.1, 0.15) is 38.1 Å². The second-order valence-electron chi connectivity index (χ2n) is 5.39. The van der Waals surface area contributed by atoms with Crippen LogP contribution in [0, 0.1) is 11.2 Å². The molecule has 0 saturated carbocycles. The molecule has 19 heavy (non-hydrogen) atoms. The first-order valence-electron chi connectivity index (χ1n) is 6.31. The maximum atomic E-state index is 14.1. The summed E-state index contributed by atoms with van der Waals surface area (Å²) in [5, 5.41) is 0. The molecule has 1 aromatic carbocycles. The third-order valence-electron chi connectivity index (χ3n) is 2.81. The van der Waals surface area contributed by atoms with Gasteiger partial charge in [0.2, 0.25) is 0 Å². The van der Waals surface area contributed by atoms with Gasteiger partial charge in [0.1, 0.15) is 6.10 Å². The van der Waals surface area contributed by atoms with Crippen molar-refractivity contribution in [3.8, 4) is 5.75 Å². The topological polar surface area (TPSA) is 35.5 Å². The predicted octanol–water partition coefficient (Wildman–Crippen LogP) is 3.47. The van der Waals surface area contributed by atoms with Crippen LogP contribution in [0.5, 0.6) is 5.75 Å². The van der Waals surface area contributed by atoms with Crippen LogP contribution < -0.4 is 4.74 Å². The second-order valence-corrected chi connectivity index (χ2v) is 5.39. The Labute approximate surface area is 113 Å². The molecule has 106 valence electrons. The first-order chi connectivity index (χ1) is 8.82. The average molecular weight is 268 g/mol. The van der Waals surface area contributed by atoms with E-state index in [0.717, 1.165) is 0 Å². The Kier molecular flexibility index (Phi) is 5.06. The van der Waals surface area contributed by atoms with Crippen molar-refractivity contribution >= 4 is 5.78 Å². The lowest BCUT2D eigenvalue weighted by Gasteiger charge is -2.29. The summed E-state index contributed by atoms with van der Waals surface area (Å²) in [5.74, 6) is -0.926. The molecule has 0 bridgehead atoms. The van der Waals surface area contributed by atoms with Crippen LogP contribution in [0.3, 0.4) is 0 Å². The minimum absolute atomic E-state index is 0.00715. The van der Waals surface area contributed by atoms with Crippen molar-refractivity contribution in [3.05, 3.63) is 29.6 Å². The minimum atomic E-state index is -0.681. The summed E-state index contributed by atoms with van der Waals surface area (Å²) in [6, 6.07) is 4.54. The van der Waals surface area contributed by atoms with E-state index in [1.54, 1.807) is 6.07 Å². The lowest BCUT2D eigenvalue weighted by Crippen LogP contribution is -2.37. The quantitative estimate of drug-likeness (QED) is 0.767. The van der Waals surface area contributed by atoms with Crippen LogP contribution >= 0.6 is 0 Å². The Morgan fingerprint density at radius 1 is 1.37 bits per heavy atom. The summed E-state index contributed by atoms with van der Waals surface area (Å²) in [7, 11) is 1.37. The van der Waals surface area contributed by atoms with E-state index in [1.165, 1.54) is 19.2 Å². The largest absolute Gasteiger partial charge is 0.494 e. The molecule has 0 aliphatic heterocycles. The number of methoxy groups -OCH3 is 1. The van der Waals surface area contributed by atoms with Crippen molar-refractivity contribution in [2.24, 2.45) is 5.41 Å². The number of rotatable bonds is 5. The fourth-order valence-corrected chi connectivity index (χ4v) is 1.89. The van der Waals surface area contributed by atoms with Gasteiger partial charge in [-0.05, 0) is 24.5 Å². The molecule has 4 heteroatoms. The maximum Gasteiger partial charge on any atom is 0.195 e. The van der Waals surface area contributed by atoms with Gasteiger partial charge in [-0.1, -0.05) is 26.8 Å². The van der Waals surface area contributed by atoms with Crippen molar-refractivity contribution < 1.29 is 18.7 Å². The summed E-state index contributed by atoms with van der Waals surface area (Å²) in [6.45, 7) is 7.89. The van der Waals surface area contributed by atoms with Crippen LogP contribution in [-0.2, 0) is 4.74 Å². The number of Topliss-reactive ketones (excluding diaryl/α,β-unsaturated/α-hetero) is 1. The highest BCUT2D eigenvalue weighted by atomic mass is 19.1. The normalized spacial score (nSPS) is 13.2. The highest BCUT2D eigenvalue weighted by Crippen LogP contribution is 2.28. The zero-order valence-electron chi connectivity index (χ0n) is 12.1. The molecular formula is C15H21FO3. The van der Waals surface area contributed by atoms with Crippen molar-refractivity contribution in [2.45, 2.75) is 33.8 Å². The summed E-state index contributed by atoms with van der Waals surface area (Å²) in [5.41, 5.74) is -0.393. The standard InChI is InChI=1S/C15H21FO3/c1-6-19-14(15(2,3)4)13(17)10-8-7-9-11(18-5)12(10)16/h7-9,14H,6H2,1-5H3. The van der Waals surface area contributed by atoms with Gasteiger partial charge in [-0.3, -0.25) is 4.79 Å². The number of halogens is 1. The molecule has 0 heterocycles. The van der Waals surface area contributed by atoms with Gasteiger partial charge in [0.15, 0.2) is 17.3 Å². The second kappa shape index (κ2) is 6.15. The van der Waals surface area contributed by atoms with Gasteiger partial charge in [-0.2, -0.15) is 0 Å². The number of hydrogen-bond acceptors (Lipinski definition) is 3. The Morgan fingerprint density at radius 3 is 2.47 bits per heavy atom. The van der Waals surface area contributed by atoms with E-state index >= 15 is 0 Å². The zero-order chi connectivity index (χ0) is 14.6. The number of carbonyl (C=O) groups excluding carboxylic acids is 1. The molecule has 0 N–H and O–H groups in total. The van der Waals surface area contributed by atoms with Crippen LogP contribution in [-0.4, -0.2) is 25.6 Å². The first-order valence-corrected chi connectivity index (χ1v) is 6.31. The number of benzene rings is 1. The molecule has 1 aromatic rings. The summed E-state index contributed by atoms with van der Waals surface area (Å²) >= 11 is 0. The Balaban J connectivity index is 3.17. The van der Waals surface area contributed by atoms with Gasteiger partial charge in [-0.15, -0.1) is 0 Å². The number of ether oxygens (including phenoxy) is 2. The maximum absolute atomic E-state index is 14.1. The van der Waals surface area contributed by atoms with Crippen molar-refractivity contribution in [3.63, 3.8) is 0 Å². The van der Waals surface area contributed by atoms with Crippen LogP contribution in [0.15, 0.2) is 18.2 Å². The molecule has 0 radical (unpaired) electrons. The van der Waals surface area contributed by atoms with Gasteiger partial charge in [0.05, 0.1) is 12.7 Å². The van der Waals surface area contributed by atoms with Crippen molar-refractivity contribution in [1.82, 2.24) is 0 Å². The Morgan fingerprint density at radius 2 is 2.00 bits per heavy atom. The highest BCUT2D eigenvalue weighted by Gasteiger charge is 2.34. The lowest BCUT2D eigenvalue weighted by atomic mass is 9.84. The van der Waals surface area contributed by atoms with Crippen molar-refractivity contribution in [1.29, 1.82) is 0 Å². The molecule has 0 aliphatic rings. The molecule has 0 aromatic heterocycles. The van der Waals surface area contributed by atoms with E-state index in [4.69, 9.17) is 9.47 Å². The summed E-state index contributed by atoms with van der Waals surface area (Å²) < 4.78 is 24.5. The zero-order valence-corrected chi connectivity index (χ0v) is 12.1. The third kappa shape index (κ3) is 3.53. The molecule has 1 unspecified atom stereocenters. The van der Waals surface area contributed by atoms with Gasteiger partial charge < -0.3 is 9.47 Å². The molecule has 1 rings (SSSR count). The van der Waals surface area contributed by atoms with E-state index in [1.807, 2.05) is 27.7 Å². The Hall–Kier alpha value is -1.42. The van der Waals surface area contributed by atoms with Crippen LogP contribution in [0.25, 0.3) is 0 Å². The smallest absolute Gasteiger partial charge is 0.195 e. The fourth-order valence-electron chi connectivity index (χ4n) is 1.89. The predicted molar refractivity (Wildman–Crippen MR) is 72.2 cm³/mol. The lowest BCUT2D eigenvalue weighted by molar-refractivity contribution is -0.000514. The van der Waals surface area contributed by atoms with Crippen LogP contribution in [0.4, 0.5) is 4.39 Å². The fraction of sp³-hybridized carbons (Fsp3) is 0.533. The minimum Gasteiger partial charge on any atom is -0.494 e. The Bertz CT molecular complexity index is 449. The molecule has 1 atom stereocenters. The van der Waals surface area contributed by atoms with Crippen molar-refractivity contribution in [2.75, 3.05) is 13.7 Å². The number of carbonyl (C=O) groups is 1. The monoisotopic (exact) mass is 268 g/mol. The molecule has 0 aliphatic carbocycles.